The van der Waals surface area contributed by atoms with E-state index in [2.05, 4.69) is 38.1 Å². The maximum Gasteiger partial charge on any atom is 1.00 e. The van der Waals surface area contributed by atoms with Crippen molar-refractivity contribution >= 4 is 0 Å². The van der Waals surface area contributed by atoms with Gasteiger partial charge in [-0.2, -0.15) is 23.6 Å². The maximum absolute atomic E-state index is 2.18. The van der Waals surface area contributed by atoms with Gasteiger partial charge in [-0.3, -0.25) is 0 Å². The Kier molecular flexibility index (Phi) is 6.94. The third-order valence-electron chi connectivity index (χ3n) is 1.80. The smallest absolute Gasteiger partial charge is 0.189 e. The van der Waals surface area contributed by atoms with Crippen molar-refractivity contribution in [2.45, 2.75) is 20.3 Å². The molecule has 0 atom stereocenters. The predicted octanol–water partition coefficient (Wildman–Crippen LogP) is 0.0431. The van der Waals surface area contributed by atoms with Gasteiger partial charge in [0.05, 0.1) is 0 Å². The molecule has 0 bridgehead atoms. The molecule has 0 spiro atoms. The Hall–Kier alpha value is 0.895. The van der Waals surface area contributed by atoms with Crippen molar-refractivity contribution in [3.05, 3.63) is 41.8 Å². The Balaban J connectivity index is 0.000001000. The summed E-state index contributed by atoms with van der Waals surface area (Å²) in [6.45, 7) is 4.36. The Morgan fingerprint density at radius 3 is 2.18 bits per heavy atom. The molecule has 0 aliphatic heterocycles. The fourth-order valence-electron chi connectivity index (χ4n) is 0.927. The van der Waals surface area contributed by atoms with Crippen LogP contribution < -0.4 is 58.2 Å². The molecule has 11 heavy (non-hydrogen) atoms. The molecule has 0 heterocycles. The third-order valence-corrected chi connectivity index (χ3v) is 1.80. The zero-order chi connectivity index (χ0) is 7.40. The number of hydrogen-bond acceptors (Lipinski definition) is 0. The summed E-state index contributed by atoms with van der Waals surface area (Å²) < 4.78 is 0. The van der Waals surface area contributed by atoms with Crippen LogP contribution in [-0.4, -0.2) is 0 Å². The van der Waals surface area contributed by atoms with Crippen LogP contribution in [0.15, 0.2) is 30.3 Å². The first kappa shape index (κ1) is 11.9. The zero-order valence-electron chi connectivity index (χ0n) is 7.59. The van der Waals surface area contributed by atoms with Crippen LogP contribution in [0.25, 0.3) is 0 Å². The number of hydrogen-bond donors (Lipinski definition) is 0. The molecule has 0 radical (unpaired) electrons. The van der Waals surface area contributed by atoms with E-state index in [0.29, 0.717) is 0 Å². The quantitative estimate of drug-likeness (QED) is 0.616. The van der Waals surface area contributed by atoms with Gasteiger partial charge in [-0.1, -0.05) is 26.3 Å². The third kappa shape index (κ3) is 3.89. The molecule has 0 N–H and O–H groups in total. The summed E-state index contributed by atoms with van der Waals surface area (Å²) in [5.41, 5.74) is 1.37. The van der Waals surface area contributed by atoms with Gasteiger partial charge in [-0.25, -0.2) is 0 Å². The van der Waals surface area contributed by atoms with Crippen molar-refractivity contribution < 1.29 is 58.2 Å². The molecule has 0 amide bonds. The van der Waals surface area contributed by atoms with Gasteiger partial charge >= 0.3 is 58.2 Å². The fraction of sp³-hybridized carbons (Fsp3) is 0.300. The first-order valence-corrected chi connectivity index (χ1v) is 3.72. The SMILES string of the molecule is CC[C-](C)c1ccccc1.[Rb+]. The van der Waals surface area contributed by atoms with Crippen molar-refractivity contribution in [3.8, 4) is 0 Å². The molecule has 1 rings (SSSR count). The normalized spacial score (nSPS) is 8.55. The van der Waals surface area contributed by atoms with Crippen molar-refractivity contribution in [1.29, 1.82) is 0 Å². The van der Waals surface area contributed by atoms with Crippen LogP contribution >= 0.6 is 0 Å². The molecule has 0 nitrogen and oxygen atoms in total. The zero-order valence-corrected chi connectivity index (χ0v) is 12.5. The van der Waals surface area contributed by atoms with E-state index >= 15 is 0 Å². The van der Waals surface area contributed by atoms with Crippen molar-refractivity contribution in [2.24, 2.45) is 0 Å². The topological polar surface area (TPSA) is 0 Å². The molecule has 54 valence electrons. The molecule has 0 unspecified atom stereocenters. The molecular weight excluding hydrogens is 206 g/mol. The first-order valence-electron chi connectivity index (χ1n) is 3.72. The minimum Gasteiger partial charge on any atom is -0.189 e. The second-order valence-corrected chi connectivity index (χ2v) is 2.50. The van der Waals surface area contributed by atoms with Crippen LogP contribution in [0.2, 0.25) is 0 Å². The minimum absolute atomic E-state index is 0. The molecule has 1 aromatic rings. The van der Waals surface area contributed by atoms with E-state index in [1.165, 1.54) is 11.5 Å². The monoisotopic (exact) mass is 218 g/mol. The maximum atomic E-state index is 2.18. The predicted molar refractivity (Wildman–Crippen MR) is 44.8 cm³/mol. The van der Waals surface area contributed by atoms with E-state index in [-0.39, 0.29) is 58.2 Å². The van der Waals surface area contributed by atoms with E-state index < -0.39 is 0 Å². The van der Waals surface area contributed by atoms with Crippen molar-refractivity contribution in [1.82, 2.24) is 0 Å². The van der Waals surface area contributed by atoms with E-state index in [1.807, 2.05) is 6.07 Å². The summed E-state index contributed by atoms with van der Waals surface area (Å²) in [5, 5.41) is 0. The van der Waals surface area contributed by atoms with Crippen LogP contribution in [0.3, 0.4) is 0 Å². The summed E-state index contributed by atoms with van der Waals surface area (Å²) in [6.07, 6.45) is 1.14. The second-order valence-electron chi connectivity index (χ2n) is 2.50. The summed E-state index contributed by atoms with van der Waals surface area (Å²) in [4.78, 5) is 0. The Morgan fingerprint density at radius 2 is 1.73 bits per heavy atom. The Bertz CT molecular complexity index is 181. The Labute approximate surface area is 118 Å². The van der Waals surface area contributed by atoms with E-state index in [1.54, 1.807) is 0 Å². The molecule has 1 heteroatoms. The molecule has 0 saturated heterocycles. The molecule has 0 fully saturated rings. The van der Waals surface area contributed by atoms with Gasteiger partial charge in [-0.05, 0) is 0 Å². The number of rotatable bonds is 2. The molecular formula is C10H13Rb. The molecule has 0 saturated carbocycles. The average molecular weight is 219 g/mol. The second kappa shape index (κ2) is 6.42. The van der Waals surface area contributed by atoms with Crippen LogP contribution in [-0.2, 0) is 0 Å². The van der Waals surface area contributed by atoms with E-state index in [9.17, 15) is 0 Å². The van der Waals surface area contributed by atoms with Gasteiger partial charge in [0, 0.05) is 0 Å². The van der Waals surface area contributed by atoms with Crippen molar-refractivity contribution in [3.63, 3.8) is 0 Å². The van der Waals surface area contributed by atoms with Crippen LogP contribution in [0.4, 0.5) is 0 Å². The minimum atomic E-state index is 0. The largest absolute Gasteiger partial charge is 1.00 e. The van der Waals surface area contributed by atoms with Gasteiger partial charge in [0.25, 0.3) is 0 Å². The Morgan fingerprint density at radius 1 is 1.18 bits per heavy atom. The molecule has 0 aliphatic carbocycles. The van der Waals surface area contributed by atoms with Gasteiger partial charge in [0.1, 0.15) is 0 Å². The first-order chi connectivity index (χ1) is 4.84. The summed E-state index contributed by atoms with van der Waals surface area (Å²) >= 11 is 0. The molecule has 0 aromatic heterocycles. The fourth-order valence-corrected chi connectivity index (χ4v) is 0.927. The summed E-state index contributed by atoms with van der Waals surface area (Å²) in [6, 6.07) is 10.5. The van der Waals surface area contributed by atoms with Gasteiger partial charge in [0.15, 0.2) is 0 Å². The van der Waals surface area contributed by atoms with E-state index in [0.717, 1.165) is 6.42 Å². The molecule has 0 aliphatic rings. The standard InChI is InChI=1S/C10H13.Rb/c1-3-9(2)10-7-5-4-6-8-10;/h4-8H,3H2,1-2H3;/q-1;+1. The average Bonchev–Trinajstić information content (AvgIpc) is 2.05. The summed E-state index contributed by atoms with van der Waals surface area (Å²) in [5.74, 6) is 1.46. The van der Waals surface area contributed by atoms with Crippen molar-refractivity contribution in [2.75, 3.05) is 0 Å². The van der Waals surface area contributed by atoms with Gasteiger partial charge in [0.2, 0.25) is 0 Å². The number of benzene rings is 1. The van der Waals surface area contributed by atoms with Crippen LogP contribution in [0, 0.1) is 5.92 Å². The van der Waals surface area contributed by atoms with Gasteiger partial charge in [-0.15, -0.1) is 12.1 Å². The summed E-state index contributed by atoms with van der Waals surface area (Å²) in [7, 11) is 0. The van der Waals surface area contributed by atoms with Crippen LogP contribution in [0.1, 0.15) is 25.8 Å². The van der Waals surface area contributed by atoms with E-state index in [4.69, 9.17) is 0 Å². The van der Waals surface area contributed by atoms with Gasteiger partial charge < -0.3 is 0 Å². The van der Waals surface area contributed by atoms with Crippen LogP contribution in [0.5, 0.6) is 0 Å². The molecule has 1 aromatic carbocycles.